The molecule has 6 nitrogen and oxygen atoms in total. The van der Waals surface area contributed by atoms with Gasteiger partial charge in [0.05, 0.1) is 17.8 Å². The monoisotopic (exact) mass is 367 g/mol. The average molecular weight is 368 g/mol. The topological polar surface area (TPSA) is 70.2 Å². The van der Waals surface area contributed by atoms with E-state index in [-0.39, 0.29) is 5.76 Å². The Bertz CT molecular complexity index is 1130. The first-order valence-electron chi connectivity index (χ1n) is 7.86. The van der Waals surface area contributed by atoms with Crippen molar-refractivity contribution in [1.82, 2.24) is 15.0 Å². The third-order valence-electron chi connectivity index (χ3n) is 4.10. The van der Waals surface area contributed by atoms with Crippen LogP contribution in [0, 0.1) is 6.92 Å². The third-order valence-corrected chi connectivity index (χ3v) is 4.40. The normalized spacial score (nSPS) is 11.0. The number of methoxy groups -OCH3 is 1. The number of hydrogen-bond acceptors (Lipinski definition) is 5. The molecular weight excluding hydrogens is 354 g/mol. The lowest BCUT2D eigenvalue weighted by molar-refractivity contribution is 0.110. The van der Waals surface area contributed by atoms with Gasteiger partial charge in [0.15, 0.2) is 12.0 Å². The van der Waals surface area contributed by atoms with Crippen molar-refractivity contribution in [2.75, 3.05) is 7.11 Å². The second-order valence-electron chi connectivity index (χ2n) is 5.78. The average Bonchev–Trinajstić information content (AvgIpc) is 3.27. The number of aldehydes is 1. The van der Waals surface area contributed by atoms with Gasteiger partial charge >= 0.3 is 0 Å². The number of furan rings is 1. The van der Waals surface area contributed by atoms with E-state index in [9.17, 15) is 4.79 Å². The van der Waals surface area contributed by atoms with Gasteiger partial charge in [-0.25, -0.2) is 0 Å². The largest absolute Gasteiger partial charge is 0.495 e. The maximum absolute atomic E-state index is 10.8. The lowest BCUT2D eigenvalue weighted by atomic mass is 10.1. The number of ether oxygens (including phenoxy) is 1. The number of aromatic nitrogens is 3. The molecule has 0 aliphatic rings. The molecule has 2 aromatic carbocycles. The summed E-state index contributed by atoms with van der Waals surface area (Å²) in [6.07, 6.45) is 0.682. The molecule has 2 heterocycles. The van der Waals surface area contributed by atoms with Gasteiger partial charge in [-0.2, -0.15) is 4.80 Å². The van der Waals surface area contributed by atoms with Crippen LogP contribution >= 0.6 is 11.6 Å². The van der Waals surface area contributed by atoms with Crippen molar-refractivity contribution in [3.63, 3.8) is 0 Å². The second kappa shape index (κ2) is 6.31. The summed E-state index contributed by atoms with van der Waals surface area (Å²) in [5, 5.41) is 9.53. The molecule has 7 heteroatoms. The van der Waals surface area contributed by atoms with E-state index in [0.717, 1.165) is 22.3 Å². The maximum Gasteiger partial charge on any atom is 0.185 e. The molecule has 130 valence electrons. The first-order valence-corrected chi connectivity index (χ1v) is 8.24. The van der Waals surface area contributed by atoms with Crippen LogP contribution in [-0.4, -0.2) is 28.4 Å². The molecule has 0 radical (unpaired) electrons. The van der Waals surface area contributed by atoms with Crippen LogP contribution in [0.4, 0.5) is 0 Å². The third kappa shape index (κ3) is 2.74. The van der Waals surface area contributed by atoms with Crippen LogP contribution in [0.15, 0.2) is 46.9 Å². The summed E-state index contributed by atoms with van der Waals surface area (Å²) in [4.78, 5) is 12.4. The highest BCUT2D eigenvalue weighted by Gasteiger charge is 2.13. The van der Waals surface area contributed by atoms with Crippen LogP contribution in [0.1, 0.15) is 16.1 Å². The number of carbonyl (C=O) groups is 1. The molecule has 4 aromatic rings. The van der Waals surface area contributed by atoms with E-state index in [1.54, 1.807) is 31.4 Å². The van der Waals surface area contributed by atoms with Crippen molar-refractivity contribution >= 4 is 28.9 Å². The van der Waals surface area contributed by atoms with E-state index in [4.69, 9.17) is 20.8 Å². The molecule has 2 aromatic heterocycles. The van der Waals surface area contributed by atoms with E-state index in [1.807, 2.05) is 25.1 Å². The Kier molecular flexibility index (Phi) is 3.97. The van der Waals surface area contributed by atoms with Crippen LogP contribution in [0.3, 0.4) is 0 Å². The van der Waals surface area contributed by atoms with Gasteiger partial charge in [0.1, 0.15) is 22.5 Å². The van der Waals surface area contributed by atoms with E-state index in [1.165, 1.54) is 4.80 Å². The summed E-state index contributed by atoms with van der Waals surface area (Å²) in [6, 6.07) is 12.6. The van der Waals surface area contributed by atoms with Crippen LogP contribution in [0.25, 0.3) is 28.0 Å². The highest BCUT2D eigenvalue weighted by atomic mass is 35.5. The molecule has 0 aliphatic carbocycles. The summed E-state index contributed by atoms with van der Waals surface area (Å²) >= 11 is 6.19. The number of benzene rings is 2. The smallest absolute Gasteiger partial charge is 0.185 e. The molecule has 26 heavy (non-hydrogen) atoms. The highest BCUT2D eigenvalue weighted by Crippen LogP contribution is 2.30. The fourth-order valence-electron chi connectivity index (χ4n) is 2.79. The second-order valence-corrected chi connectivity index (χ2v) is 6.19. The number of halogens is 1. The van der Waals surface area contributed by atoms with Gasteiger partial charge in [0, 0.05) is 5.56 Å². The van der Waals surface area contributed by atoms with Gasteiger partial charge in [-0.05, 0) is 55.0 Å². The van der Waals surface area contributed by atoms with Crippen LogP contribution in [0.2, 0.25) is 5.02 Å². The Hall–Kier alpha value is -3.12. The maximum atomic E-state index is 10.8. The quantitative estimate of drug-likeness (QED) is 0.498. The van der Waals surface area contributed by atoms with Crippen molar-refractivity contribution < 1.29 is 13.9 Å². The minimum Gasteiger partial charge on any atom is -0.495 e. The zero-order valence-corrected chi connectivity index (χ0v) is 14.8. The molecule has 4 rings (SSSR count). The molecule has 0 unspecified atom stereocenters. The first kappa shape index (κ1) is 16.4. The molecule has 0 spiro atoms. The SMILES string of the molecule is COc1ccc(-n2nc3cc(C)c(-c4ccc(C=O)o4)cc3n2)cc1Cl. The summed E-state index contributed by atoms with van der Waals surface area (Å²) in [6.45, 7) is 1.96. The zero-order chi connectivity index (χ0) is 18.3. The molecule has 0 N–H and O–H groups in total. The van der Waals surface area contributed by atoms with E-state index < -0.39 is 0 Å². The lowest BCUT2D eigenvalue weighted by Gasteiger charge is -2.04. The molecule has 0 aliphatic heterocycles. The molecule has 0 atom stereocenters. The minimum absolute atomic E-state index is 0.288. The minimum atomic E-state index is 0.288. The molecule has 0 saturated heterocycles. The number of hydrogen-bond donors (Lipinski definition) is 0. The molecule has 0 fully saturated rings. The van der Waals surface area contributed by atoms with Gasteiger partial charge in [0.25, 0.3) is 0 Å². The number of carbonyl (C=O) groups excluding carboxylic acids is 1. The highest BCUT2D eigenvalue weighted by molar-refractivity contribution is 6.32. The predicted octanol–water partition coefficient (Wildman–Crippen LogP) is 4.46. The molecule has 0 amide bonds. The fourth-order valence-corrected chi connectivity index (χ4v) is 3.04. The van der Waals surface area contributed by atoms with E-state index in [0.29, 0.717) is 28.3 Å². The zero-order valence-electron chi connectivity index (χ0n) is 14.1. The Morgan fingerprint density at radius 3 is 2.54 bits per heavy atom. The molecule has 0 bridgehead atoms. The number of aryl methyl sites for hydroxylation is 1. The van der Waals surface area contributed by atoms with Crippen molar-refractivity contribution in [2.24, 2.45) is 0 Å². The van der Waals surface area contributed by atoms with Crippen LogP contribution < -0.4 is 4.74 Å². The van der Waals surface area contributed by atoms with Crippen molar-refractivity contribution in [1.29, 1.82) is 0 Å². The van der Waals surface area contributed by atoms with Gasteiger partial charge in [0.2, 0.25) is 0 Å². The number of rotatable bonds is 4. The lowest BCUT2D eigenvalue weighted by Crippen LogP contribution is -1.98. The molecule has 0 saturated carbocycles. The Morgan fingerprint density at radius 1 is 1.12 bits per heavy atom. The Labute approximate surface area is 153 Å². The van der Waals surface area contributed by atoms with Gasteiger partial charge in [-0.1, -0.05) is 11.6 Å². The van der Waals surface area contributed by atoms with Crippen LogP contribution in [-0.2, 0) is 0 Å². The summed E-state index contributed by atoms with van der Waals surface area (Å²) in [7, 11) is 1.57. The van der Waals surface area contributed by atoms with E-state index in [2.05, 4.69) is 10.2 Å². The first-order chi connectivity index (χ1) is 12.6. The fraction of sp³-hybridized carbons (Fsp3) is 0.105. The number of nitrogens with zero attached hydrogens (tertiary/aromatic N) is 3. The van der Waals surface area contributed by atoms with Crippen molar-refractivity contribution in [3.8, 4) is 22.8 Å². The van der Waals surface area contributed by atoms with E-state index >= 15 is 0 Å². The summed E-state index contributed by atoms with van der Waals surface area (Å²) < 4.78 is 10.7. The Balaban J connectivity index is 1.80. The van der Waals surface area contributed by atoms with Crippen LogP contribution in [0.5, 0.6) is 5.75 Å². The predicted molar refractivity (Wildman–Crippen MR) is 98.3 cm³/mol. The Morgan fingerprint density at radius 2 is 1.88 bits per heavy atom. The summed E-state index contributed by atoms with van der Waals surface area (Å²) in [5.41, 5.74) is 4.03. The number of fused-ring (bicyclic) bond motifs is 1. The standard InChI is InChI=1S/C19H14ClN3O3/c1-11-7-16-17(9-14(11)18-6-4-13(10-24)26-18)22-23(21-16)12-3-5-19(25-2)15(20)8-12/h3-10H,1-2H3. The van der Waals surface area contributed by atoms with Crippen molar-refractivity contribution in [3.05, 3.63) is 58.8 Å². The summed E-state index contributed by atoms with van der Waals surface area (Å²) in [5.74, 6) is 1.50. The van der Waals surface area contributed by atoms with Gasteiger partial charge in [-0.15, -0.1) is 10.2 Å². The van der Waals surface area contributed by atoms with Gasteiger partial charge in [-0.3, -0.25) is 4.79 Å². The molecular formula is C19H14ClN3O3. The van der Waals surface area contributed by atoms with Gasteiger partial charge < -0.3 is 9.15 Å². The van der Waals surface area contributed by atoms with Crippen molar-refractivity contribution in [2.45, 2.75) is 6.92 Å².